The third-order valence-corrected chi connectivity index (χ3v) is 7.55. The van der Waals surface area contributed by atoms with Crippen LogP contribution >= 0.6 is 0 Å². The maximum Gasteiger partial charge on any atom is 0.416 e. The van der Waals surface area contributed by atoms with Crippen molar-refractivity contribution in [2.75, 3.05) is 30.8 Å². The molecule has 180 valence electrons. The molecule has 3 aromatic carbocycles. The van der Waals surface area contributed by atoms with Crippen molar-refractivity contribution < 1.29 is 21.6 Å². The summed E-state index contributed by atoms with van der Waals surface area (Å²) in [4.78, 5) is 4.75. The van der Waals surface area contributed by atoms with Crippen LogP contribution < -0.4 is 4.90 Å². The summed E-state index contributed by atoms with van der Waals surface area (Å²) in [6.45, 7) is 3.98. The summed E-state index contributed by atoms with van der Waals surface area (Å²) >= 11 is 0. The summed E-state index contributed by atoms with van der Waals surface area (Å²) in [5, 5.41) is 0. The van der Waals surface area contributed by atoms with Crippen LogP contribution in [0.1, 0.15) is 35.7 Å². The Labute approximate surface area is 198 Å². The largest absolute Gasteiger partial charge is 0.416 e. The lowest BCUT2D eigenvalue weighted by molar-refractivity contribution is -0.137. The number of rotatable bonds is 5. The van der Waals surface area contributed by atoms with Crippen LogP contribution in [-0.2, 0) is 16.0 Å². The van der Waals surface area contributed by atoms with Gasteiger partial charge in [-0.2, -0.15) is 13.2 Å². The molecule has 0 radical (unpaired) electrons. The maximum atomic E-state index is 13.0. The lowest BCUT2D eigenvalue weighted by atomic mass is 9.96. The highest BCUT2D eigenvalue weighted by atomic mass is 32.2. The minimum Gasteiger partial charge on any atom is -0.368 e. The van der Waals surface area contributed by atoms with Crippen molar-refractivity contribution in [1.82, 2.24) is 4.90 Å². The second-order valence-electron chi connectivity index (χ2n) is 8.68. The minimum absolute atomic E-state index is 0.0193. The average Bonchev–Trinajstić information content (AvgIpc) is 2.83. The summed E-state index contributed by atoms with van der Waals surface area (Å²) in [5.74, 6) is 0. The number of hydrogen-bond acceptors (Lipinski definition) is 4. The maximum absolute atomic E-state index is 13.0. The SMILES string of the molecule is C[C@@H](c1ccc(C(F)(F)F)cc1)N1CCN(c2cccc(S(C)(=O)=O)c2)C[C@@H]1c1ccccc1. The van der Waals surface area contributed by atoms with Crippen LogP contribution in [0.15, 0.2) is 83.8 Å². The first-order valence-electron chi connectivity index (χ1n) is 11.1. The van der Waals surface area contributed by atoms with Gasteiger partial charge in [-0.1, -0.05) is 48.5 Å². The van der Waals surface area contributed by atoms with Crippen LogP contribution in [0, 0.1) is 0 Å². The quantitative estimate of drug-likeness (QED) is 0.460. The third-order valence-electron chi connectivity index (χ3n) is 6.43. The standard InChI is InChI=1S/C26H27F3N2O2S/c1-19(20-11-13-22(14-12-20)26(27,28)29)31-16-15-30(18-25(31)21-7-4-3-5-8-21)23-9-6-10-24(17-23)34(2,32)33/h3-14,17,19,25H,15-16,18H2,1-2H3/t19-,25+/m0/s1. The van der Waals surface area contributed by atoms with E-state index in [-0.39, 0.29) is 17.0 Å². The fourth-order valence-corrected chi connectivity index (χ4v) is 5.18. The topological polar surface area (TPSA) is 40.6 Å². The Kier molecular flexibility index (Phi) is 6.73. The molecule has 8 heteroatoms. The Hall–Kier alpha value is -2.84. The van der Waals surface area contributed by atoms with E-state index < -0.39 is 21.6 Å². The second-order valence-corrected chi connectivity index (χ2v) is 10.7. The zero-order valence-corrected chi connectivity index (χ0v) is 19.9. The predicted molar refractivity (Wildman–Crippen MR) is 128 cm³/mol. The summed E-state index contributed by atoms with van der Waals surface area (Å²) < 4.78 is 63.1. The molecule has 0 N–H and O–H groups in total. The molecule has 4 rings (SSSR count). The number of anilines is 1. The first kappa shape index (κ1) is 24.3. The van der Waals surface area contributed by atoms with Crippen molar-refractivity contribution in [3.8, 4) is 0 Å². The number of halogens is 3. The summed E-state index contributed by atoms with van der Waals surface area (Å²) in [6.07, 6.45) is -3.16. The predicted octanol–water partition coefficient (Wildman–Crippen LogP) is 5.73. The van der Waals surface area contributed by atoms with Crippen molar-refractivity contribution >= 4 is 15.5 Å². The highest BCUT2D eigenvalue weighted by Crippen LogP contribution is 2.36. The number of benzene rings is 3. The monoisotopic (exact) mass is 488 g/mol. The highest BCUT2D eigenvalue weighted by Gasteiger charge is 2.34. The van der Waals surface area contributed by atoms with Crippen molar-refractivity contribution in [2.24, 2.45) is 0 Å². The van der Waals surface area contributed by atoms with Crippen LogP contribution in [0.25, 0.3) is 0 Å². The van der Waals surface area contributed by atoms with Crippen molar-refractivity contribution in [1.29, 1.82) is 0 Å². The van der Waals surface area contributed by atoms with E-state index in [4.69, 9.17) is 0 Å². The Morgan fingerprint density at radius 2 is 1.59 bits per heavy atom. The molecule has 1 heterocycles. The van der Waals surface area contributed by atoms with Gasteiger partial charge in [0.1, 0.15) is 0 Å². The lowest BCUT2D eigenvalue weighted by Gasteiger charge is -2.45. The molecule has 3 aromatic rings. The van der Waals surface area contributed by atoms with Crippen LogP contribution in [-0.4, -0.2) is 39.2 Å². The Bertz CT molecular complexity index is 1230. The number of sulfone groups is 1. The van der Waals surface area contributed by atoms with E-state index in [9.17, 15) is 21.6 Å². The van der Waals surface area contributed by atoms with Gasteiger partial charge in [0.2, 0.25) is 0 Å². The number of nitrogens with zero attached hydrogens (tertiary/aromatic N) is 2. The van der Waals surface area contributed by atoms with Crippen LogP contribution in [0.5, 0.6) is 0 Å². The Morgan fingerprint density at radius 3 is 2.21 bits per heavy atom. The zero-order valence-electron chi connectivity index (χ0n) is 19.0. The van der Waals surface area contributed by atoms with Crippen molar-refractivity contribution in [3.05, 3.63) is 95.6 Å². The molecule has 34 heavy (non-hydrogen) atoms. The fourth-order valence-electron chi connectivity index (χ4n) is 4.52. The van der Waals surface area contributed by atoms with Gasteiger partial charge in [-0.3, -0.25) is 4.90 Å². The average molecular weight is 489 g/mol. The van der Waals surface area contributed by atoms with E-state index in [0.717, 1.165) is 28.9 Å². The molecule has 0 aromatic heterocycles. The van der Waals surface area contributed by atoms with E-state index >= 15 is 0 Å². The van der Waals surface area contributed by atoms with E-state index in [1.54, 1.807) is 30.3 Å². The molecule has 4 nitrogen and oxygen atoms in total. The van der Waals surface area contributed by atoms with E-state index in [1.165, 1.54) is 6.26 Å². The van der Waals surface area contributed by atoms with Gasteiger partial charge in [-0.25, -0.2) is 8.42 Å². The first-order chi connectivity index (χ1) is 16.0. The molecule has 0 aliphatic carbocycles. The molecule has 1 aliphatic heterocycles. The molecular formula is C26H27F3N2O2S. The normalized spacial score (nSPS) is 18.6. The van der Waals surface area contributed by atoms with Gasteiger partial charge < -0.3 is 4.90 Å². The molecule has 1 fully saturated rings. The molecule has 0 bridgehead atoms. The van der Waals surface area contributed by atoms with Gasteiger partial charge in [-0.05, 0) is 48.4 Å². The number of alkyl halides is 3. The molecule has 0 unspecified atom stereocenters. The zero-order chi connectivity index (χ0) is 24.5. The van der Waals surface area contributed by atoms with Gasteiger partial charge in [0.05, 0.1) is 16.5 Å². The minimum atomic E-state index is -4.36. The molecule has 0 spiro atoms. The molecule has 0 amide bonds. The highest BCUT2D eigenvalue weighted by molar-refractivity contribution is 7.90. The molecule has 1 aliphatic rings. The lowest BCUT2D eigenvalue weighted by Crippen LogP contribution is -2.49. The first-order valence-corrected chi connectivity index (χ1v) is 13.0. The van der Waals surface area contributed by atoms with E-state index in [1.807, 2.05) is 43.3 Å². The number of hydrogen-bond donors (Lipinski definition) is 0. The number of piperazine rings is 1. The fraction of sp³-hybridized carbons (Fsp3) is 0.308. The van der Waals surface area contributed by atoms with Crippen LogP contribution in [0.3, 0.4) is 0 Å². The van der Waals surface area contributed by atoms with Gasteiger partial charge in [-0.15, -0.1) is 0 Å². The molecule has 2 atom stereocenters. The van der Waals surface area contributed by atoms with Gasteiger partial charge >= 0.3 is 6.18 Å². The van der Waals surface area contributed by atoms with Gasteiger partial charge in [0, 0.05) is 37.6 Å². The summed E-state index contributed by atoms with van der Waals surface area (Å²) in [7, 11) is -3.32. The van der Waals surface area contributed by atoms with E-state index in [2.05, 4.69) is 9.80 Å². The smallest absolute Gasteiger partial charge is 0.368 e. The van der Waals surface area contributed by atoms with Crippen LogP contribution in [0.2, 0.25) is 0 Å². The van der Waals surface area contributed by atoms with Gasteiger partial charge in [0.25, 0.3) is 0 Å². The Morgan fingerprint density at radius 1 is 0.912 bits per heavy atom. The molecular weight excluding hydrogens is 461 g/mol. The third kappa shape index (κ3) is 5.28. The summed E-state index contributed by atoms with van der Waals surface area (Å²) in [5.41, 5.74) is 2.11. The second kappa shape index (κ2) is 9.43. The molecule has 0 saturated carbocycles. The Balaban J connectivity index is 1.63. The van der Waals surface area contributed by atoms with Crippen LogP contribution in [0.4, 0.5) is 18.9 Å². The summed E-state index contributed by atoms with van der Waals surface area (Å²) in [6, 6.07) is 22.2. The van der Waals surface area contributed by atoms with Crippen molar-refractivity contribution in [2.45, 2.75) is 30.1 Å². The van der Waals surface area contributed by atoms with Crippen molar-refractivity contribution in [3.63, 3.8) is 0 Å². The van der Waals surface area contributed by atoms with Gasteiger partial charge in [0.15, 0.2) is 9.84 Å². The van der Waals surface area contributed by atoms with E-state index in [0.29, 0.717) is 19.6 Å². The molecule has 1 saturated heterocycles.